The van der Waals surface area contributed by atoms with Crippen molar-refractivity contribution in [3.8, 4) is 11.5 Å². The van der Waals surface area contributed by atoms with Gasteiger partial charge in [0.15, 0.2) is 0 Å². The van der Waals surface area contributed by atoms with Crippen molar-refractivity contribution in [1.29, 1.82) is 0 Å². The summed E-state index contributed by atoms with van der Waals surface area (Å²) in [4.78, 5) is 58.2. The lowest BCUT2D eigenvalue weighted by Crippen LogP contribution is -2.45. The number of fused-ring (bicyclic) bond motifs is 14. The molecule has 1 aromatic carbocycles. The molecular weight excluding hydrogens is 672 g/mol. The second-order valence-electron chi connectivity index (χ2n) is 14.6. The van der Waals surface area contributed by atoms with E-state index in [2.05, 4.69) is 5.32 Å². The van der Waals surface area contributed by atoms with Crippen molar-refractivity contribution in [2.24, 2.45) is 23.7 Å². The minimum atomic E-state index is -2.02. The molecule has 13 heteroatoms. The first-order valence-electron chi connectivity index (χ1n) is 17.8. The minimum absolute atomic E-state index is 0.0335. The normalized spacial score (nSPS) is 33.3. The molecule has 5 bridgehead atoms. The number of carbonyl (C=O) groups excluding carboxylic acids is 4. The van der Waals surface area contributed by atoms with Gasteiger partial charge in [0, 0.05) is 61.9 Å². The molecule has 0 saturated carbocycles. The number of hydrogen-bond donors (Lipinski definition) is 5. The average molecular weight is 723 g/mol. The smallest absolute Gasteiger partial charge is 0.312 e. The van der Waals surface area contributed by atoms with Gasteiger partial charge in [0.1, 0.15) is 22.9 Å². The van der Waals surface area contributed by atoms with Gasteiger partial charge in [0.2, 0.25) is 11.6 Å². The number of allylic oxidation sites excluding steroid dienone is 4. The number of aromatic hydroxyl groups is 1. The number of methoxy groups -OCH3 is 1. The van der Waals surface area contributed by atoms with Gasteiger partial charge in [0.25, 0.3) is 11.7 Å². The number of hydrogen-bond acceptors (Lipinski definition) is 12. The number of aliphatic hydroxyl groups is 3. The molecule has 1 fully saturated rings. The lowest BCUT2D eigenvalue weighted by molar-refractivity contribution is -0.116. The fraction of sp³-hybridized carbons (Fsp3) is 0.538. The van der Waals surface area contributed by atoms with Crippen LogP contribution in [-0.2, 0) is 14.3 Å². The van der Waals surface area contributed by atoms with Crippen LogP contribution in [-0.4, -0.2) is 99.0 Å². The summed E-state index contributed by atoms with van der Waals surface area (Å²) in [5.41, 5.74) is -1.12. The summed E-state index contributed by atoms with van der Waals surface area (Å²) in [5, 5.41) is 47.6. The van der Waals surface area contributed by atoms with E-state index in [0.29, 0.717) is 13.1 Å². The second-order valence-corrected chi connectivity index (χ2v) is 14.6. The van der Waals surface area contributed by atoms with Gasteiger partial charge in [-0.25, -0.2) is 0 Å². The fourth-order valence-corrected chi connectivity index (χ4v) is 7.53. The van der Waals surface area contributed by atoms with Gasteiger partial charge >= 0.3 is 5.79 Å². The molecule has 9 atom stereocenters. The van der Waals surface area contributed by atoms with E-state index >= 15 is 0 Å². The van der Waals surface area contributed by atoms with E-state index in [-0.39, 0.29) is 39.4 Å². The molecule has 1 aliphatic carbocycles. The van der Waals surface area contributed by atoms with Crippen molar-refractivity contribution in [3.05, 3.63) is 69.8 Å². The van der Waals surface area contributed by atoms with Gasteiger partial charge in [-0.05, 0) is 32.8 Å². The van der Waals surface area contributed by atoms with Gasteiger partial charge in [-0.2, -0.15) is 0 Å². The van der Waals surface area contributed by atoms with Crippen molar-refractivity contribution in [3.63, 3.8) is 0 Å². The maximum atomic E-state index is 14.5. The molecular formula is C39H50N2O11. The van der Waals surface area contributed by atoms with Crippen LogP contribution >= 0.6 is 0 Å². The maximum Gasteiger partial charge on any atom is 0.312 e. The molecule has 4 aliphatic heterocycles. The number of amides is 1. The topological polar surface area (TPSA) is 192 Å². The Bertz CT molecular complexity index is 1770. The molecule has 1 aromatic rings. The first-order chi connectivity index (χ1) is 24.5. The van der Waals surface area contributed by atoms with Gasteiger partial charge in [-0.15, -0.1) is 0 Å². The summed E-state index contributed by atoms with van der Waals surface area (Å²) in [5.74, 6) is -8.08. The Morgan fingerprint density at radius 1 is 0.865 bits per heavy atom. The Balaban J connectivity index is 1.65. The number of rotatable bonds is 2. The van der Waals surface area contributed by atoms with Crippen LogP contribution in [0.3, 0.4) is 0 Å². The summed E-state index contributed by atoms with van der Waals surface area (Å²) < 4.78 is 17.5. The third kappa shape index (κ3) is 6.70. The van der Waals surface area contributed by atoms with Gasteiger partial charge in [0.05, 0.1) is 47.4 Å². The van der Waals surface area contributed by atoms with Crippen molar-refractivity contribution in [1.82, 2.24) is 10.2 Å². The monoisotopic (exact) mass is 722 g/mol. The van der Waals surface area contributed by atoms with Gasteiger partial charge in [-0.1, -0.05) is 45.9 Å². The molecule has 0 unspecified atom stereocenters. The lowest BCUT2D eigenvalue weighted by atomic mass is 9.78. The molecule has 0 aromatic heterocycles. The fourth-order valence-electron chi connectivity index (χ4n) is 7.53. The molecule has 52 heavy (non-hydrogen) atoms. The Kier molecular flexibility index (Phi) is 11.2. The zero-order valence-corrected chi connectivity index (χ0v) is 30.9. The van der Waals surface area contributed by atoms with Gasteiger partial charge < -0.3 is 44.9 Å². The van der Waals surface area contributed by atoms with Crippen LogP contribution in [0.2, 0.25) is 0 Å². The Morgan fingerprint density at radius 3 is 2.12 bits per heavy atom. The third-order valence-electron chi connectivity index (χ3n) is 11.1. The van der Waals surface area contributed by atoms with Crippen molar-refractivity contribution < 1.29 is 53.8 Å². The molecule has 1 saturated heterocycles. The van der Waals surface area contributed by atoms with Crippen molar-refractivity contribution in [2.75, 3.05) is 20.2 Å². The summed E-state index contributed by atoms with van der Waals surface area (Å²) in [7, 11) is 1.43. The Labute approximate surface area is 303 Å². The maximum absolute atomic E-state index is 14.5. The van der Waals surface area contributed by atoms with Crippen LogP contribution in [0, 0.1) is 30.6 Å². The average Bonchev–Trinajstić information content (AvgIpc) is 3.74. The number of nitrogens with zero attached hydrogens (tertiary/aromatic N) is 1. The van der Waals surface area contributed by atoms with Crippen LogP contribution in [0.5, 0.6) is 11.5 Å². The van der Waals surface area contributed by atoms with E-state index in [4.69, 9.17) is 14.2 Å². The van der Waals surface area contributed by atoms with Crippen LogP contribution in [0.4, 0.5) is 0 Å². The highest BCUT2D eigenvalue weighted by molar-refractivity contribution is 6.32. The van der Waals surface area contributed by atoms with Crippen molar-refractivity contribution in [2.45, 2.75) is 91.5 Å². The van der Waals surface area contributed by atoms with E-state index in [9.17, 15) is 39.6 Å². The summed E-state index contributed by atoms with van der Waals surface area (Å²) in [6, 6.07) is 0. The molecule has 13 nitrogen and oxygen atoms in total. The Hall–Kier alpha value is -4.30. The minimum Gasteiger partial charge on any atom is -0.507 e. The van der Waals surface area contributed by atoms with E-state index in [1.807, 2.05) is 0 Å². The van der Waals surface area contributed by atoms with Crippen LogP contribution in [0.25, 0.3) is 0 Å². The quantitative estimate of drug-likeness (QED) is 0.299. The van der Waals surface area contributed by atoms with E-state index in [1.165, 1.54) is 46.3 Å². The second kappa shape index (κ2) is 15.0. The van der Waals surface area contributed by atoms with Crippen molar-refractivity contribution >= 4 is 23.3 Å². The standard InChI is InChI=1S/C39H50N2O11/c1-18-12-11-13-19(2)38(49)40-28-29(41-15-9-10-16-41)35(47)25-26(34(28)46)33(45)23(6)36-27(25)37(48)39(7,52-36)51-17-14-24(50-8)20(3)31(43)22(5)32(44)21(4)30(18)42/h11-14,17-18,20-22,24,30-32,42-45H,9-10,15-16H2,1-8H3,(H,40,49)/t18-,20+,21+,22+,24-,30-,31+,32-,39-/m0/s1. The molecule has 0 spiro atoms. The van der Waals surface area contributed by atoms with Crippen LogP contribution < -0.4 is 10.1 Å². The zero-order chi connectivity index (χ0) is 38.4. The van der Waals surface area contributed by atoms with E-state index < -0.39 is 88.4 Å². The molecule has 5 N–H and O–H groups in total. The highest BCUT2D eigenvalue weighted by atomic mass is 16.7. The molecule has 5 aliphatic rings. The lowest BCUT2D eigenvalue weighted by Gasteiger charge is -2.36. The zero-order valence-electron chi connectivity index (χ0n) is 30.9. The largest absolute Gasteiger partial charge is 0.507 e. The molecule has 1 amide bonds. The number of benzene rings is 1. The number of phenolic OH excluding ortho intramolecular Hbond substituents is 1. The predicted octanol–water partition coefficient (Wildman–Crippen LogP) is 3.48. The summed E-state index contributed by atoms with van der Waals surface area (Å²) in [6.07, 6.45) is 4.93. The first-order valence-corrected chi connectivity index (χ1v) is 17.8. The molecule has 282 valence electrons. The number of phenols is 1. The highest BCUT2D eigenvalue weighted by Gasteiger charge is 2.53. The Morgan fingerprint density at radius 2 is 1.48 bits per heavy atom. The highest BCUT2D eigenvalue weighted by Crippen LogP contribution is 2.49. The number of Topliss-reactive ketones (excluding diaryl/α,β-unsaturated/α-hetero) is 3. The summed E-state index contributed by atoms with van der Waals surface area (Å²) in [6.45, 7) is 12.0. The molecule has 6 rings (SSSR count). The summed E-state index contributed by atoms with van der Waals surface area (Å²) >= 11 is 0. The SMILES string of the molecule is CO[C@H]1C=CO[C@@]2(C)Oc3c(C)c(O)c4c(c3C2=O)C(=O)C(N2CCCC2)=C(NC(=O)C(C)=CC=C[C@H](C)[C@H](O)[C@@H](C)[C@H](O)[C@H](C)[C@H](O)[C@@H]1C)C4=O. The number of ketones is 3. The van der Waals surface area contributed by atoms with E-state index in [1.54, 1.807) is 44.7 Å². The third-order valence-corrected chi connectivity index (χ3v) is 11.1. The number of aliphatic hydroxyl groups excluding tert-OH is 3. The predicted molar refractivity (Wildman–Crippen MR) is 189 cm³/mol. The number of nitrogens with one attached hydrogen (secondary N) is 1. The number of ether oxygens (including phenoxy) is 3. The molecule has 0 radical (unpaired) electrons. The van der Waals surface area contributed by atoms with Gasteiger partial charge in [-0.3, -0.25) is 19.2 Å². The van der Waals surface area contributed by atoms with Crippen LogP contribution in [0.15, 0.2) is 47.5 Å². The van der Waals surface area contributed by atoms with Crippen LogP contribution in [0.1, 0.15) is 91.0 Å². The molecule has 4 heterocycles. The number of likely N-dealkylation sites (tertiary alicyclic amines) is 1. The first kappa shape index (κ1) is 38.9. The van der Waals surface area contributed by atoms with E-state index in [0.717, 1.165) is 12.8 Å². The number of carbonyl (C=O) groups is 4.